The van der Waals surface area contributed by atoms with Gasteiger partial charge in [0.1, 0.15) is 5.76 Å². The van der Waals surface area contributed by atoms with Crippen LogP contribution in [0.15, 0.2) is 45.9 Å². The van der Waals surface area contributed by atoms with Crippen molar-refractivity contribution in [3.8, 4) is 0 Å². The van der Waals surface area contributed by atoms with Crippen molar-refractivity contribution < 1.29 is 14.0 Å². The minimum Gasteiger partial charge on any atom is -0.469 e. The Morgan fingerprint density at radius 1 is 1.11 bits per heavy atom. The highest BCUT2D eigenvalue weighted by atomic mass is 32.2. The van der Waals surface area contributed by atoms with Gasteiger partial charge in [-0.1, -0.05) is 12.1 Å². The number of carbonyl (C=O) groups excluding carboxylic acids is 2. The molecule has 0 atom stereocenters. The first-order valence-corrected chi connectivity index (χ1v) is 7.09. The van der Waals surface area contributed by atoms with Crippen molar-refractivity contribution in [3.63, 3.8) is 0 Å². The monoisotopic (exact) mass is 274 g/mol. The van der Waals surface area contributed by atoms with Gasteiger partial charge in [-0.25, -0.2) is 0 Å². The van der Waals surface area contributed by atoms with E-state index < -0.39 is 0 Å². The number of furan rings is 1. The first kappa shape index (κ1) is 13.6. The van der Waals surface area contributed by atoms with Crippen molar-refractivity contribution in [1.29, 1.82) is 0 Å². The fourth-order valence-corrected chi connectivity index (χ4v) is 2.20. The van der Waals surface area contributed by atoms with Crippen LogP contribution in [0, 0.1) is 6.92 Å². The second kappa shape index (κ2) is 5.89. The Kier molecular flexibility index (Phi) is 4.22. The van der Waals surface area contributed by atoms with Gasteiger partial charge in [-0.05, 0) is 31.4 Å². The van der Waals surface area contributed by atoms with Gasteiger partial charge in [-0.3, -0.25) is 9.59 Å². The summed E-state index contributed by atoms with van der Waals surface area (Å²) in [5.41, 5.74) is 1.04. The Hall–Kier alpha value is -1.81. The van der Waals surface area contributed by atoms with Crippen LogP contribution in [0.2, 0.25) is 0 Å². The predicted octanol–water partition coefficient (Wildman–Crippen LogP) is 3.77. The average molecular weight is 274 g/mol. The molecule has 0 N–H and O–H groups in total. The second-order valence-corrected chi connectivity index (χ2v) is 5.02. The molecule has 0 aliphatic rings. The largest absolute Gasteiger partial charge is 0.469 e. The first-order chi connectivity index (χ1) is 9.11. The van der Waals surface area contributed by atoms with E-state index in [0.29, 0.717) is 16.9 Å². The van der Waals surface area contributed by atoms with Gasteiger partial charge >= 0.3 is 0 Å². The van der Waals surface area contributed by atoms with Crippen LogP contribution < -0.4 is 0 Å². The number of ketones is 2. The van der Waals surface area contributed by atoms with Crippen molar-refractivity contribution in [2.24, 2.45) is 0 Å². The maximum atomic E-state index is 12.0. The van der Waals surface area contributed by atoms with Gasteiger partial charge in [0.2, 0.25) is 0 Å². The minimum absolute atomic E-state index is 0.126. The molecule has 0 saturated heterocycles. The zero-order chi connectivity index (χ0) is 13.8. The Balaban J connectivity index is 2.08. The summed E-state index contributed by atoms with van der Waals surface area (Å²) in [5, 5.41) is 0. The maximum absolute atomic E-state index is 12.0. The molecule has 0 fully saturated rings. The minimum atomic E-state index is -0.204. The summed E-state index contributed by atoms with van der Waals surface area (Å²) in [5.74, 6) is 0.180. The van der Waals surface area contributed by atoms with Gasteiger partial charge < -0.3 is 4.42 Å². The van der Waals surface area contributed by atoms with Crippen LogP contribution in [0.5, 0.6) is 0 Å². The Labute approximate surface area is 116 Å². The van der Waals surface area contributed by atoms with Crippen LogP contribution in [-0.2, 0) is 0 Å². The highest BCUT2D eigenvalue weighted by Gasteiger charge is 2.16. The molecule has 0 aliphatic heterocycles. The molecule has 0 amide bonds. The van der Waals surface area contributed by atoms with Crippen LogP contribution in [0.3, 0.4) is 0 Å². The molecule has 0 radical (unpaired) electrons. The van der Waals surface area contributed by atoms with E-state index in [1.54, 1.807) is 36.9 Å². The third-order valence-corrected chi connectivity index (χ3v) is 3.64. The Morgan fingerprint density at radius 3 is 2.32 bits per heavy atom. The smallest absolute Gasteiger partial charge is 0.174 e. The third-order valence-electron chi connectivity index (χ3n) is 2.89. The van der Waals surface area contributed by atoms with Crippen LogP contribution in [0.1, 0.15) is 32.9 Å². The molecule has 19 heavy (non-hydrogen) atoms. The van der Waals surface area contributed by atoms with Gasteiger partial charge in [-0.2, -0.15) is 0 Å². The van der Waals surface area contributed by atoms with E-state index in [-0.39, 0.29) is 18.0 Å². The molecular formula is C15H14O3S. The van der Waals surface area contributed by atoms with Crippen LogP contribution in [0.4, 0.5) is 0 Å². The van der Waals surface area contributed by atoms with Crippen LogP contribution in [0.25, 0.3) is 0 Å². The highest BCUT2D eigenvalue weighted by molar-refractivity contribution is 7.98. The molecule has 4 heteroatoms. The molecule has 1 aromatic carbocycles. The van der Waals surface area contributed by atoms with Gasteiger partial charge in [0, 0.05) is 10.5 Å². The fourth-order valence-electron chi connectivity index (χ4n) is 1.79. The van der Waals surface area contributed by atoms with Crippen LogP contribution in [-0.4, -0.2) is 17.8 Å². The second-order valence-electron chi connectivity index (χ2n) is 4.14. The maximum Gasteiger partial charge on any atom is 0.174 e. The molecular weight excluding hydrogens is 260 g/mol. The SMILES string of the molecule is CSc1ccc(C(=O)CC(=O)c2ccoc2C)cc1. The number of benzene rings is 1. The zero-order valence-corrected chi connectivity index (χ0v) is 11.6. The Bertz CT molecular complexity index is 596. The number of hydrogen-bond acceptors (Lipinski definition) is 4. The van der Waals surface area contributed by atoms with E-state index in [1.807, 2.05) is 18.4 Å². The van der Waals surface area contributed by atoms with Gasteiger partial charge in [-0.15, -0.1) is 11.8 Å². The average Bonchev–Trinajstić information content (AvgIpc) is 2.85. The standard InChI is InChI=1S/C15H14O3S/c1-10-13(7-8-18-10)15(17)9-14(16)11-3-5-12(19-2)6-4-11/h3-8H,9H2,1-2H3. The van der Waals surface area contributed by atoms with E-state index in [0.717, 1.165) is 4.90 Å². The van der Waals surface area contributed by atoms with E-state index >= 15 is 0 Å². The number of thioether (sulfide) groups is 1. The Morgan fingerprint density at radius 2 is 1.79 bits per heavy atom. The molecule has 2 aromatic rings. The normalized spacial score (nSPS) is 10.4. The number of rotatable bonds is 5. The highest BCUT2D eigenvalue weighted by Crippen LogP contribution is 2.17. The lowest BCUT2D eigenvalue weighted by molar-refractivity contribution is 0.0893. The van der Waals surface area contributed by atoms with Crippen molar-refractivity contribution >= 4 is 23.3 Å². The molecule has 1 aromatic heterocycles. The number of aryl methyl sites for hydroxylation is 1. The molecule has 0 unspecified atom stereocenters. The van der Waals surface area contributed by atoms with E-state index in [4.69, 9.17) is 4.42 Å². The summed E-state index contributed by atoms with van der Waals surface area (Å²) >= 11 is 1.61. The molecule has 0 saturated carbocycles. The third kappa shape index (κ3) is 3.15. The van der Waals surface area contributed by atoms with Crippen LogP contribution >= 0.6 is 11.8 Å². The zero-order valence-electron chi connectivity index (χ0n) is 10.8. The molecule has 0 bridgehead atoms. The quantitative estimate of drug-likeness (QED) is 0.473. The van der Waals surface area contributed by atoms with Crippen molar-refractivity contribution in [3.05, 3.63) is 53.5 Å². The predicted molar refractivity (Wildman–Crippen MR) is 74.9 cm³/mol. The lowest BCUT2D eigenvalue weighted by atomic mass is 10.0. The van der Waals surface area contributed by atoms with Crippen molar-refractivity contribution in [2.75, 3.05) is 6.26 Å². The lowest BCUT2D eigenvalue weighted by Gasteiger charge is -2.02. The first-order valence-electron chi connectivity index (χ1n) is 5.86. The molecule has 98 valence electrons. The van der Waals surface area contributed by atoms with Gasteiger partial charge in [0.05, 0.1) is 18.2 Å². The van der Waals surface area contributed by atoms with E-state index in [1.165, 1.54) is 6.26 Å². The summed E-state index contributed by atoms with van der Waals surface area (Å²) in [4.78, 5) is 25.0. The molecule has 0 spiro atoms. The molecule has 3 nitrogen and oxygen atoms in total. The number of hydrogen-bond donors (Lipinski definition) is 0. The summed E-state index contributed by atoms with van der Waals surface area (Å²) in [6.45, 7) is 1.71. The summed E-state index contributed by atoms with van der Waals surface area (Å²) < 4.78 is 5.07. The molecule has 0 aliphatic carbocycles. The summed E-state index contributed by atoms with van der Waals surface area (Å²) in [7, 11) is 0. The number of carbonyl (C=O) groups is 2. The van der Waals surface area contributed by atoms with Gasteiger partial charge in [0.25, 0.3) is 0 Å². The topological polar surface area (TPSA) is 47.3 Å². The fraction of sp³-hybridized carbons (Fsp3) is 0.200. The molecule has 2 rings (SSSR count). The van der Waals surface area contributed by atoms with E-state index in [9.17, 15) is 9.59 Å². The molecule has 1 heterocycles. The summed E-state index contributed by atoms with van der Waals surface area (Å²) in [6.07, 6.45) is 3.31. The van der Waals surface area contributed by atoms with E-state index in [2.05, 4.69) is 0 Å². The van der Waals surface area contributed by atoms with Crippen molar-refractivity contribution in [1.82, 2.24) is 0 Å². The lowest BCUT2D eigenvalue weighted by Crippen LogP contribution is -2.08. The number of Topliss-reactive ketones (excluding diaryl/α,β-unsaturated/α-hetero) is 2. The van der Waals surface area contributed by atoms with Crippen molar-refractivity contribution in [2.45, 2.75) is 18.2 Å². The summed E-state index contributed by atoms with van der Waals surface area (Å²) in [6, 6.07) is 8.87. The van der Waals surface area contributed by atoms with Gasteiger partial charge in [0.15, 0.2) is 11.6 Å².